The van der Waals surface area contributed by atoms with Crippen LogP contribution in [0.1, 0.15) is 0 Å². The van der Waals surface area contributed by atoms with Gasteiger partial charge in [0.1, 0.15) is 23.2 Å². The highest BCUT2D eigenvalue weighted by atomic mass is 19.1. The van der Waals surface area contributed by atoms with E-state index in [1.165, 1.54) is 48.5 Å². The molecule has 0 atom stereocenters. The summed E-state index contributed by atoms with van der Waals surface area (Å²) in [6.07, 6.45) is 0. The van der Waals surface area contributed by atoms with E-state index in [-0.39, 0.29) is 28.1 Å². The van der Waals surface area contributed by atoms with Crippen molar-refractivity contribution in [2.24, 2.45) is 0 Å². The minimum absolute atomic E-state index is 0.0684. The number of hydrogen-bond donors (Lipinski definition) is 0. The maximum Gasteiger partial charge on any atom is 0.186 e. The van der Waals surface area contributed by atoms with Gasteiger partial charge in [0, 0.05) is 12.1 Å². The molecule has 1 aromatic heterocycles. The van der Waals surface area contributed by atoms with Crippen molar-refractivity contribution in [1.29, 1.82) is 0 Å². The summed E-state index contributed by atoms with van der Waals surface area (Å²) >= 11 is 0. The van der Waals surface area contributed by atoms with Gasteiger partial charge in [-0.25, -0.2) is 8.78 Å². The zero-order valence-electron chi connectivity index (χ0n) is 10.8. The fourth-order valence-corrected chi connectivity index (χ4v) is 2.06. The smallest absolute Gasteiger partial charge is 0.186 e. The van der Waals surface area contributed by atoms with Crippen molar-refractivity contribution >= 4 is 0 Å². The van der Waals surface area contributed by atoms with Gasteiger partial charge in [-0.1, -0.05) is 24.3 Å². The Kier molecular flexibility index (Phi) is 3.36. The summed E-state index contributed by atoms with van der Waals surface area (Å²) in [4.78, 5) is 11.8. The van der Waals surface area contributed by atoms with Crippen LogP contribution in [0.2, 0.25) is 0 Å². The SMILES string of the molecule is O=c1cc(-c2ccccc2F)oc(-c2ccccc2F)c1. The molecule has 0 bridgehead atoms. The molecule has 0 N–H and O–H groups in total. The predicted octanol–water partition coefficient (Wildman–Crippen LogP) is 4.25. The first-order valence-corrected chi connectivity index (χ1v) is 6.30. The van der Waals surface area contributed by atoms with Gasteiger partial charge in [0.15, 0.2) is 5.43 Å². The second-order valence-electron chi connectivity index (χ2n) is 4.48. The van der Waals surface area contributed by atoms with Crippen LogP contribution < -0.4 is 5.43 Å². The van der Waals surface area contributed by atoms with Crippen molar-refractivity contribution in [3.63, 3.8) is 0 Å². The molecule has 0 aliphatic rings. The van der Waals surface area contributed by atoms with Crippen LogP contribution in [0.5, 0.6) is 0 Å². The maximum atomic E-state index is 13.8. The fraction of sp³-hybridized carbons (Fsp3) is 0. The molecule has 0 spiro atoms. The highest BCUT2D eigenvalue weighted by Crippen LogP contribution is 2.27. The lowest BCUT2D eigenvalue weighted by Crippen LogP contribution is -2.00. The van der Waals surface area contributed by atoms with E-state index in [0.717, 1.165) is 0 Å². The molecule has 0 aliphatic heterocycles. The number of halogens is 2. The molecule has 0 saturated heterocycles. The molecule has 3 aromatic rings. The second-order valence-corrected chi connectivity index (χ2v) is 4.48. The normalized spacial score (nSPS) is 10.6. The number of rotatable bonds is 2. The Balaban J connectivity index is 2.21. The average molecular weight is 284 g/mol. The minimum Gasteiger partial charge on any atom is -0.456 e. The zero-order valence-corrected chi connectivity index (χ0v) is 10.8. The Hall–Kier alpha value is -2.75. The summed E-state index contributed by atoms with van der Waals surface area (Å²) in [7, 11) is 0. The third-order valence-electron chi connectivity index (χ3n) is 3.05. The molecule has 2 aromatic carbocycles. The first-order chi connectivity index (χ1) is 10.1. The van der Waals surface area contributed by atoms with Crippen molar-refractivity contribution < 1.29 is 13.2 Å². The van der Waals surface area contributed by atoms with Crippen molar-refractivity contribution in [2.45, 2.75) is 0 Å². The van der Waals surface area contributed by atoms with Gasteiger partial charge in [-0.2, -0.15) is 0 Å². The third-order valence-corrected chi connectivity index (χ3v) is 3.05. The van der Waals surface area contributed by atoms with Crippen molar-refractivity contribution in [2.75, 3.05) is 0 Å². The molecule has 0 radical (unpaired) electrons. The topological polar surface area (TPSA) is 30.2 Å². The van der Waals surface area contributed by atoms with Crippen LogP contribution in [0.4, 0.5) is 8.78 Å². The van der Waals surface area contributed by atoms with Crippen LogP contribution in [0.3, 0.4) is 0 Å². The van der Waals surface area contributed by atoms with Crippen LogP contribution in [0.25, 0.3) is 22.6 Å². The summed E-state index contributed by atoms with van der Waals surface area (Å²) in [5.41, 5.74) is -0.0571. The van der Waals surface area contributed by atoms with Gasteiger partial charge in [0.05, 0.1) is 11.1 Å². The first-order valence-electron chi connectivity index (χ1n) is 6.30. The lowest BCUT2D eigenvalue weighted by molar-refractivity contribution is 0.558. The van der Waals surface area contributed by atoms with Gasteiger partial charge in [-0.05, 0) is 24.3 Å². The maximum absolute atomic E-state index is 13.8. The predicted molar refractivity (Wildman–Crippen MR) is 75.8 cm³/mol. The molecule has 0 unspecified atom stereocenters. The minimum atomic E-state index is -0.508. The Labute approximate surface area is 119 Å². The van der Waals surface area contributed by atoms with E-state index < -0.39 is 11.6 Å². The highest BCUT2D eigenvalue weighted by Gasteiger charge is 2.12. The van der Waals surface area contributed by atoms with E-state index in [4.69, 9.17) is 4.42 Å². The van der Waals surface area contributed by atoms with Crippen LogP contribution >= 0.6 is 0 Å². The monoisotopic (exact) mass is 284 g/mol. The molecule has 0 aliphatic carbocycles. The molecule has 2 nitrogen and oxygen atoms in total. The average Bonchev–Trinajstić information content (AvgIpc) is 2.47. The standard InChI is InChI=1S/C17H10F2O2/c18-14-7-3-1-5-12(14)16-9-11(20)10-17(21-16)13-6-2-4-8-15(13)19/h1-10H. The van der Waals surface area contributed by atoms with Crippen molar-refractivity contribution in [1.82, 2.24) is 0 Å². The molecule has 0 fully saturated rings. The molecule has 3 rings (SSSR count). The van der Waals surface area contributed by atoms with E-state index >= 15 is 0 Å². The quantitative estimate of drug-likeness (QED) is 0.704. The lowest BCUT2D eigenvalue weighted by atomic mass is 10.1. The summed E-state index contributed by atoms with van der Waals surface area (Å²) in [6.45, 7) is 0. The summed E-state index contributed by atoms with van der Waals surface area (Å²) < 4.78 is 33.1. The second kappa shape index (κ2) is 5.32. The Morgan fingerprint density at radius 3 is 1.57 bits per heavy atom. The largest absolute Gasteiger partial charge is 0.456 e. The summed E-state index contributed by atoms with van der Waals surface area (Å²) in [5, 5.41) is 0. The van der Waals surface area contributed by atoms with E-state index in [1.54, 1.807) is 12.1 Å². The van der Waals surface area contributed by atoms with Crippen LogP contribution in [0, 0.1) is 11.6 Å². The molecular weight excluding hydrogens is 274 g/mol. The molecule has 4 heteroatoms. The summed E-state index contributed by atoms with van der Waals surface area (Å²) in [6, 6.07) is 14.2. The number of hydrogen-bond acceptors (Lipinski definition) is 2. The lowest BCUT2D eigenvalue weighted by Gasteiger charge is -2.06. The first kappa shape index (κ1) is 13.2. The van der Waals surface area contributed by atoms with E-state index in [0.29, 0.717) is 0 Å². The Morgan fingerprint density at radius 2 is 1.14 bits per heavy atom. The van der Waals surface area contributed by atoms with Gasteiger partial charge in [0.25, 0.3) is 0 Å². The third kappa shape index (κ3) is 2.60. The molecule has 104 valence electrons. The zero-order chi connectivity index (χ0) is 14.8. The fourth-order valence-electron chi connectivity index (χ4n) is 2.06. The van der Waals surface area contributed by atoms with Gasteiger partial charge in [-0.3, -0.25) is 4.79 Å². The van der Waals surface area contributed by atoms with Crippen LogP contribution in [-0.2, 0) is 0 Å². The molecular formula is C17H10F2O2. The van der Waals surface area contributed by atoms with Gasteiger partial charge < -0.3 is 4.42 Å². The molecule has 0 amide bonds. The van der Waals surface area contributed by atoms with Gasteiger partial charge in [-0.15, -0.1) is 0 Å². The molecule has 1 heterocycles. The van der Waals surface area contributed by atoms with E-state index in [2.05, 4.69) is 0 Å². The number of benzene rings is 2. The van der Waals surface area contributed by atoms with E-state index in [9.17, 15) is 13.6 Å². The molecule has 0 saturated carbocycles. The van der Waals surface area contributed by atoms with Crippen LogP contribution in [-0.4, -0.2) is 0 Å². The Morgan fingerprint density at radius 1 is 0.714 bits per heavy atom. The van der Waals surface area contributed by atoms with Gasteiger partial charge >= 0.3 is 0 Å². The Bertz CT molecular complexity index is 786. The van der Waals surface area contributed by atoms with Crippen molar-refractivity contribution in [3.05, 3.63) is 82.5 Å². The van der Waals surface area contributed by atoms with Gasteiger partial charge in [0.2, 0.25) is 0 Å². The van der Waals surface area contributed by atoms with Crippen molar-refractivity contribution in [3.8, 4) is 22.6 Å². The van der Waals surface area contributed by atoms with Crippen LogP contribution in [0.15, 0.2) is 69.9 Å². The molecule has 21 heavy (non-hydrogen) atoms. The highest BCUT2D eigenvalue weighted by molar-refractivity contribution is 5.63. The summed E-state index contributed by atoms with van der Waals surface area (Å²) in [5.74, 6) is -0.879. The van der Waals surface area contributed by atoms with E-state index in [1.807, 2.05) is 0 Å².